The maximum absolute atomic E-state index is 3.82. The lowest BCUT2D eigenvalue weighted by Crippen LogP contribution is -2.27. The van der Waals surface area contributed by atoms with E-state index in [1.165, 1.54) is 38.5 Å². The zero-order chi connectivity index (χ0) is 12.0. The highest BCUT2D eigenvalue weighted by atomic mass is 79.9. The number of hydrogen-bond donors (Lipinski definition) is 0. The van der Waals surface area contributed by atoms with Crippen LogP contribution < -0.4 is 0 Å². The van der Waals surface area contributed by atoms with Crippen molar-refractivity contribution in [1.82, 2.24) is 0 Å². The summed E-state index contributed by atoms with van der Waals surface area (Å²) in [7, 11) is 0. The van der Waals surface area contributed by atoms with E-state index < -0.39 is 0 Å². The minimum absolute atomic E-state index is 0.689. The molecule has 0 spiro atoms. The highest BCUT2D eigenvalue weighted by Crippen LogP contribution is 2.37. The summed E-state index contributed by atoms with van der Waals surface area (Å²) in [4.78, 5) is 1.38. The van der Waals surface area contributed by atoms with Crippen LogP contribution in [0.3, 0.4) is 0 Å². The number of hydrogen-bond acceptors (Lipinski definition) is 0. The fourth-order valence-electron chi connectivity index (χ4n) is 2.43. The zero-order valence-electron chi connectivity index (χ0n) is 10.5. The predicted molar refractivity (Wildman–Crippen MR) is 80.1 cm³/mol. The zero-order valence-corrected chi connectivity index (χ0v) is 13.6. The van der Waals surface area contributed by atoms with E-state index >= 15 is 0 Å². The van der Waals surface area contributed by atoms with Gasteiger partial charge < -0.3 is 0 Å². The molecule has 0 amide bonds. The summed E-state index contributed by atoms with van der Waals surface area (Å²) in [6, 6.07) is 0. The Bertz CT molecular complexity index is 154. The molecule has 0 aromatic carbocycles. The topological polar surface area (TPSA) is 0 Å². The Morgan fingerprint density at radius 1 is 0.938 bits per heavy atom. The first-order chi connectivity index (χ1) is 7.69. The molecule has 16 heavy (non-hydrogen) atoms. The SMILES string of the molecule is CCCC(Br)C1[CH]CC(C(Br)CCC)[CH]C1. The van der Waals surface area contributed by atoms with E-state index in [9.17, 15) is 0 Å². The van der Waals surface area contributed by atoms with Crippen molar-refractivity contribution in [1.29, 1.82) is 0 Å². The van der Waals surface area contributed by atoms with Crippen LogP contribution in [0.1, 0.15) is 52.4 Å². The molecular weight excluding hydrogens is 328 g/mol. The van der Waals surface area contributed by atoms with Gasteiger partial charge in [0.05, 0.1) is 0 Å². The predicted octanol–water partition coefficient (Wildman–Crippen LogP) is 5.55. The van der Waals surface area contributed by atoms with Crippen molar-refractivity contribution in [2.75, 3.05) is 0 Å². The molecule has 2 heteroatoms. The van der Waals surface area contributed by atoms with E-state index in [0.29, 0.717) is 9.65 Å². The van der Waals surface area contributed by atoms with Crippen LogP contribution in [0.2, 0.25) is 0 Å². The fourth-order valence-corrected chi connectivity index (χ4v) is 4.21. The molecule has 4 atom stereocenters. The normalized spacial score (nSPS) is 30.0. The maximum atomic E-state index is 3.82. The van der Waals surface area contributed by atoms with Crippen molar-refractivity contribution in [2.45, 2.75) is 62.0 Å². The van der Waals surface area contributed by atoms with E-state index in [-0.39, 0.29) is 0 Å². The van der Waals surface area contributed by atoms with Crippen LogP contribution in [0.25, 0.3) is 0 Å². The summed E-state index contributed by atoms with van der Waals surface area (Å²) < 4.78 is 0. The van der Waals surface area contributed by atoms with Crippen LogP contribution in [-0.4, -0.2) is 9.65 Å². The summed E-state index contributed by atoms with van der Waals surface area (Å²) >= 11 is 7.65. The van der Waals surface area contributed by atoms with Gasteiger partial charge in [0, 0.05) is 9.65 Å². The molecule has 1 saturated carbocycles. The summed E-state index contributed by atoms with van der Waals surface area (Å²) in [6.45, 7) is 4.53. The second-order valence-corrected chi connectivity index (χ2v) is 7.23. The van der Waals surface area contributed by atoms with Gasteiger partial charge in [0.25, 0.3) is 0 Å². The van der Waals surface area contributed by atoms with Crippen molar-refractivity contribution < 1.29 is 0 Å². The molecule has 0 heterocycles. The molecule has 0 aliphatic heterocycles. The third-order valence-electron chi connectivity index (χ3n) is 3.48. The highest BCUT2D eigenvalue weighted by Gasteiger charge is 2.29. The van der Waals surface area contributed by atoms with Crippen molar-refractivity contribution in [3.63, 3.8) is 0 Å². The molecule has 4 unspecified atom stereocenters. The fraction of sp³-hybridized carbons (Fsp3) is 0.857. The molecule has 0 aromatic rings. The van der Waals surface area contributed by atoms with Gasteiger partial charge in [0.15, 0.2) is 0 Å². The Kier molecular flexibility index (Phi) is 7.63. The van der Waals surface area contributed by atoms with Crippen molar-refractivity contribution >= 4 is 31.9 Å². The van der Waals surface area contributed by atoms with Gasteiger partial charge in [-0.3, -0.25) is 0 Å². The van der Waals surface area contributed by atoms with Crippen molar-refractivity contribution in [3.8, 4) is 0 Å². The Morgan fingerprint density at radius 2 is 1.31 bits per heavy atom. The van der Waals surface area contributed by atoms with Crippen LogP contribution in [0.5, 0.6) is 0 Å². The van der Waals surface area contributed by atoms with Crippen LogP contribution in [0.15, 0.2) is 0 Å². The lowest BCUT2D eigenvalue weighted by atomic mass is 9.78. The van der Waals surface area contributed by atoms with E-state index in [1.807, 2.05) is 0 Å². The molecule has 1 fully saturated rings. The van der Waals surface area contributed by atoms with Crippen molar-refractivity contribution in [3.05, 3.63) is 12.8 Å². The molecule has 94 valence electrons. The second kappa shape index (κ2) is 8.13. The Balaban J connectivity index is 2.27. The third kappa shape index (κ3) is 4.68. The van der Waals surface area contributed by atoms with Crippen LogP contribution in [0.4, 0.5) is 0 Å². The largest absolute Gasteiger partial charge is 0.0888 e. The van der Waals surface area contributed by atoms with Gasteiger partial charge in [0.1, 0.15) is 0 Å². The number of rotatable bonds is 6. The standard InChI is InChI=1S/C14H24Br2/c1-3-5-13(15)11-7-9-12(10-8-11)14(16)6-4-2/h7,10-14H,3-6,8-9H2,1-2H3. The minimum Gasteiger partial charge on any atom is -0.0888 e. The summed E-state index contributed by atoms with van der Waals surface area (Å²) in [5.41, 5.74) is 0. The van der Waals surface area contributed by atoms with Crippen LogP contribution in [-0.2, 0) is 0 Å². The molecule has 0 bridgehead atoms. The summed E-state index contributed by atoms with van der Waals surface area (Å²) in [5.74, 6) is 1.52. The molecule has 1 rings (SSSR count). The highest BCUT2D eigenvalue weighted by molar-refractivity contribution is 9.09. The van der Waals surface area contributed by atoms with E-state index in [4.69, 9.17) is 0 Å². The van der Waals surface area contributed by atoms with Gasteiger partial charge in [-0.05, 0) is 50.4 Å². The van der Waals surface area contributed by atoms with Gasteiger partial charge in [-0.15, -0.1) is 0 Å². The van der Waals surface area contributed by atoms with Gasteiger partial charge in [0.2, 0.25) is 0 Å². The van der Waals surface area contributed by atoms with E-state index in [1.54, 1.807) is 0 Å². The Labute approximate surface area is 118 Å². The monoisotopic (exact) mass is 350 g/mol. The number of alkyl halides is 2. The third-order valence-corrected chi connectivity index (χ3v) is 5.75. The van der Waals surface area contributed by atoms with Gasteiger partial charge in [-0.25, -0.2) is 0 Å². The maximum Gasteiger partial charge on any atom is 0.0176 e. The second-order valence-electron chi connectivity index (χ2n) is 4.88. The van der Waals surface area contributed by atoms with E-state index in [2.05, 4.69) is 58.5 Å². The van der Waals surface area contributed by atoms with Gasteiger partial charge >= 0.3 is 0 Å². The molecule has 0 N–H and O–H groups in total. The summed E-state index contributed by atoms with van der Waals surface area (Å²) in [6.07, 6.45) is 12.8. The first-order valence-electron chi connectivity index (χ1n) is 6.63. The molecule has 0 saturated heterocycles. The molecule has 1 aliphatic rings. The molecule has 0 nitrogen and oxygen atoms in total. The Morgan fingerprint density at radius 3 is 1.56 bits per heavy atom. The van der Waals surface area contributed by atoms with E-state index in [0.717, 1.165) is 11.8 Å². The van der Waals surface area contributed by atoms with Crippen molar-refractivity contribution in [2.24, 2.45) is 11.8 Å². The smallest absolute Gasteiger partial charge is 0.0176 e. The Hall–Kier alpha value is 0.960. The molecule has 2 radical (unpaired) electrons. The summed E-state index contributed by atoms with van der Waals surface area (Å²) in [5, 5.41) is 0. The molecule has 0 aromatic heterocycles. The van der Waals surface area contributed by atoms with Crippen LogP contribution in [0, 0.1) is 24.7 Å². The molecular formula is C14H24Br2. The average molecular weight is 352 g/mol. The first-order valence-corrected chi connectivity index (χ1v) is 8.46. The van der Waals surface area contributed by atoms with Crippen LogP contribution >= 0.6 is 31.9 Å². The van der Waals surface area contributed by atoms with Gasteiger partial charge in [-0.1, -0.05) is 58.5 Å². The van der Waals surface area contributed by atoms with Gasteiger partial charge in [-0.2, -0.15) is 0 Å². The quantitative estimate of drug-likeness (QED) is 0.550. The molecule has 1 aliphatic carbocycles. The lowest BCUT2D eigenvalue weighted by molar-refractivity contribution is 0.397. The first kappa shape index (κ1) is 15.0. The minimum atomic E-state index is 0.689. The lowest BCUT2D eigenvalue weighted by Gasteiger charge is -2.33. The average Bonchev–Trinajstić information content (AvgIpc) is 2.30. The number of halogens is 2.